The number of rotatable bonds is 6. The first-order valence-electron chi connectivity index (χ1n) is 9.35. The van der Waals surface area contributed by atoms with Crippen molar-refractivity contribution in [2.75, 3.05) is 12.4 Å². The van der Waals surface area contributed by atoms with Crippen LogP contribution >= 0.6 is 0 Å². The van der Waals surface area contributed by atoms with E-state index in [1.165, 1.54) is 10.8 Å². The molecule has 3 aromatic rings. The summed E-state index contributed by atoms with van der Waals surface area (Å²) in [6.45, 7) is 2.17. The number of nitrogens with zero attached hydrogens (tertiary/aromatic N) is 2. The highest BCUT2D eigenvalue weighted by Crippen LogP contribution is 2.37. The fourth-order valence-electron chi connectivity index (χ4n) is 3.19. The number of aryl methyl sites for hydroxylation is 1. The summed E-state index contributed by atoms with van der Waals surface area (Å²) in [4.78, 5) is 16.7. The first kappa shape index (κ1) is 18.7. The van der Waals surface area contributed by atoms with Gasteiger partial charge < -0.3 is 9.30 Å². The molecule has 1 fully saturated rings. The normalized spacial score (nSPS) is 14.4. The Kier molecular flexibility index (Phi) is 4.71. The van der Waals surface area contributed by atoms with Gasteiger partial charge in [-0.1, -0.05) is 25.1 Å². The lowest BCUT2D eigenvalue weighted by Crippen LogP contribution is -2.16. The maximum atomic E-state index is 12.5. The molecule has 0 unspecified atom stereocenters. The molecule has 0 atom stereocenters. The number of sulfone groups is 1. The summed E-state index contributed by atoms with van der Waals surface area (Å²) in [6.07, 6.45) is 5.51. The van der Waals surface area contributed by atoms with Gasteiger partial charge in [-0.3, -0.25) is 4.79 Å². The van der Waals surface area contributed by atoms with Gasteiger partial charge in [0.2, 0.25) is 0 Å². The predicted molar refractivity (Wildman–Crippen MR) is 108 cm³/mol. The van der Waals surface area contributed by atoms with Crippen LogP contribution in [-0.4, -0.2) is 30.3 Å². The minimum atomic E-state index is -3.47. The molecule has 0 aliphatic heterocycles. The van der Waals surface area contributed by atoms with E-state index in [-0.39, 0.29) is 16.3 Å². The molecule has 1 aliphatic carbocycles. The van der Waals surface area contributed by atoms with E-state index in [2.05, 4.69) is 4.98 Å². The molecule has 0 amide bonds. The molecule has 2 heterocycles. The van der Waals surface area contributed by atoms with Crippen molar-refractivity contribution in [1.29, 1.82) is 0 Å². The molecule has 0 N–H and O–H groups in total. The van der Waals surface area contributed by atoms with Crippen molar-refractivity contribution in [3.8, 4) is 16.9 Å². The lowest BCUT2D eigenvalue weighted by atomic mass is 10.0. The Labute approximate surface area is 163 Å². The van der Waals surface area contributed by atoms with Crippen molar-refractivity contribution < 1.29 is 13.2 Å². The van der Waals surface area contributed by atoms with E-state index in [0.717, 1.165) is 23.8 Å². The van der Waals surface area contributed by atoms with Crippen molar-refractivity contribution >= 4 is 20.6 Å². The number of benzene rings is 1. The van der Waals surface area contributed by atoms with E-state index in [1.807, 2.05) is 18.2 Å². The van der Waals surface area contributed by atoms with Gasteiger partial charge in [-0.15, -0.1) is 0 Å². The minimum Gasteiger partial charge on any atom is -0.491 e. The number of fused-ring (bicyclic) bond motifs is 1. The van der Waals surface area contributed by atoms with Crippen LogP contribution in [0.3, 0.4) is 0 Å². The Bertz CT molecular complexity index is 1210. The van der Waals surface area contributed by atoms with Gasteiger partial charge >= 0.3 is 0 Å². The van der Waals surface area contributed by atoms with Crippen molar-refractivity contribution in [2.24, 2.45) is 13.0 Å². The highest BCUT2D eigenvalue weighted by atomic mass is 32.2. The van der Waals surface area contributed by atoms with Crippen LogP contribution in [0.2, 0.25) is 0 Å². The molecule has 1 aromatic carbocycles. The maximum absolute atomic E-state index is 12.5. The van der Waals surface area contributed by atoms with Crippen LogP contribution in [0.1, 0.15) is 19.8 Å². The molecule has 4 rings (SSSR count). The Morgan fingerprint density at radius 1 is 1.18 bits per heavy atom. The monoisotopic (exact) mass is 398 g/mol. The average molecular weight is 398 g/mol. The van der Waals surface area contributed by atoms with E-state index < -0.39 is 9.84 Å². The third-order valence-corrected chi connectivity index (χ3v) is 6.71. The molecule has 1 saturated carbocycles. The molecule has 0 bridgehead atoms. The fourth-order valence-corrected chi connectivity index (χ4v) is 4.00. The standard InChI is InChI=1S/C21H22N2O4S/c1-3-28(25,26)20-10-17(19(11-22-20)27-13-14-8-9-14)18-12-23(2)21(24)16-7-5-4-6-15(16)18/h4-7,10-12,14H,3,8-9,13H2,1-2H3. The van der Waals surface area contributed by atoms with Crippen LogP contribution < -0.4 is 10.3 Å². The number of hydrogen-bond donors (Lipinski definition) is 0. The zero-order valence-corrected chi connectivity index (χ0v) is 16.7. The van der Waals surface area contributed by atoms with Crippen molar-refractivity contribution in [1.82, 2.24) is 9.55 Å². The van der Waals surface area contributed by atoms with Crippen LogP contribution in [-0.2, 0) is 16.9 Å². The Balaban J connectivity index is 1.96. The van der Waals surface area contributed by atoms with Gasteiger partial charge in [0.1, 0.15) is 5.75 Å². The van der Waals surface area contributed by atoms with Crippen LogP contribution in [0.4, 0.5) is 0 Å². The molecule has 2 aromatic heterocycles. The second-order valence-corrected chi connectivity index (χ2v) is 9.41. The molecule has 0 saturated heterocycles. The lowest BCUT2D eigenvalue weighted by molar-refractivity contribution is 0.299. The van der Waals surface area contributed by atoms with Gasteiger partial charge in [-0.25, -0.2) is 13.4 Å². The fraction of sp³-hybridized carbons (Fsp3) is 0.333. The number of aromatic nitrogens is 2. The number of hydrogen-bond acceptors (Lipinski definition) is 5. The first-order valence-corrected chi connectivity index (χ1v) is 11.0. The smallest absolute Gasteiger partial charge is 0.258 e. The Morgan fingerprint density at radius 3 is 2.57 bits per heavy atom. The van der Waals surface area contributed by atoms with Crippen LogP contribution in [0.15, 0.2) is 52.5 Å². The summed E-state index contributed by atoms with van der Waals surface area (Å²) in [5.74, 6) is 1.05. The molecule has 146 valence electrons. The average Bonchev–Trinajstić information content (AvgIpc) is 3.53. The third-order valence-electron chi connectivity index (χ3n) is 5.09. The zero-order chi connectivity index (χ0) is 19.9. The SMILES string of the molecule is CCS(=O)(=O)c1cc(-c2cn(C)c(=O)c3ccccc23)c(OCC2CC2)cn1. The van der Waals surface area contributed by atoms with Gasteiger partial charge in [-0.05, 0) is 36.3 Å². The van der Waals surface area contributed by atoms with Gasteiger partial charge in [0.15, 0.2) is 14.9 Å². The predicted octanol–water partition coefficient (Wildman–Crippen LogP) is 3.18. The highest BCUT2D eigenvalue weighted by molar-refractivity contribution is 7.91. The van der Waals surface area contributed by atoms with E-state index in [9.17, 15) is 13.2 Å². The second-order valence-electron chi connectivity index (χ2n) is 7.18. The van der Waals surface area contributed by atoms with E-state index >= 15 is 0 Å². The molecule has 0 spiro atoms. The summed E-state index contributed by atoms with van der Waals surface area (Å²) in [5, 5.41) is 1.35. The molecule has 0 radical (unpaired) electrons. The van der Waals surface area contributed by atoms with Crippen LogP contribution in [0, 0.1) is 5.92 Å². The van der Waals surface area contributed by atoms with Gasteiger partial charge in [-0.2, -0.15) is 0 Å². The summed E-state index contributed by atoms with van der Waals surface area (Å²) in [6, 6.07) is 8.88. The van der Waals surface area contributed by atoms with Gasteiger partial charge in [0.05, 0.1) is 18.6 Å². The van der Waals surface area contributed by atoms with E-state index in [1.54, 1.807) is 32.3 Å². The minimum absolute atomic E-state index is 0.0155. The van der Waals surface area contributed by atoms with Crippen LogP contribution in [0.25, 0.3) is 21.9 Å². The maximum Gasteiger partial charge on any atom is 0.258 e. The summed E-state index contributed by atoms with van der Waals surface area (Å²) in [5.41, 5.74) is 1.28. The number of ether oxygens (including phenoxy) is 1. The van der Waals surface area contributed by atoms with E-state index in [0.29, 0.717) is 29.2 Å². The lowest BCUT2D eigenvalue weighted by Gasteiger charge is -2.15. The summed E-state index contributed by atoms with van der Waals surface area (Å²) >= 11 is 0. The second kappa shape index (κ2) is 7.05. The topological polar surface area (TPSA) is 78.3 Å². The zero-order valence-electron chi connectivity index (χ0n) is 15.9. The van der Waals surface area contributed by atoms with Gasteiger partial charge in [0.25, 0.3) is 5.56 Å². The van der Waals surface area contributed by atoms with Crippen molar-refractivity contribution in [3.05, 3.63) is 53.1 Å². The molecule has 1 aliphatic rings. The Hall–Kier alpha value is -2.67. The number of pyridine rings is 2. The quantitative estimate of drug-likeness (QED) is 0.637. The van der Waals surface area contributed by atoms with Crippen molar-refractivity contribution in [3.63, 3.8) is 0 Å². The van der Waals surface area contributed by atoms with Crippen molar-refractivity contribution in [2.45, 2.75) is 24.8 Å². The molecule has 7 heteroatoms. The molecule has 28 heavy (non-hydrogen) atoms. The Morgan fingerprint density at radius 2 is 1.89 bits per heavy atom. The summed E-state index contributed by atoms with van der Waals surface area (Å²) in [7, 11) is -1.78. The first-order chi connectivity index (χ1) is 13.4. The summed E-state index contributed by atoms with van der Waals surface area (Å²) < 4.78 is 32.3. The largest absolute Gasteiger partial charge is 0.491 e. The van der Waals surface area contributed by atoms with Gasteiger partial charge in [0, 0.05) is 29.8 Å². The highest BCUT2D eigenvalue weighted by Gasteiger charge is 2.24. The molecular weight excluding hydrogens is 376 g/mol. The van der Waals surface area contributed by atoms with E-state index in [4.69, 9.17) is 4.74 Å². The molecule has 6 nitrogen and oxygen atoms in total. The van der Waals surface area contributed by atoms with Crippen LogP contribution in [0.5, 0.6) is 5.75 Å². The third kappa shape index (κ3) is 3.42. The molecular formula is C21H22N2O4S.